The van der Waals surface area contributed by atoms with Crippen LogP contribution in [-0.4, -0.2) is 60.3 Å². The zero-order valence-corrected chi connectivity index (χ0v) is 10.1. The smallest absolute Gasteiger partial charge is 0.406 e. The van der Waals surface area contributed by atoms with Crippen LogP contribution in [0.25, 0.3) is 0 Å². The summed E-state index contributed by atoms with van der Waals surface area (Å²) < 4.78 is 36.4. The van der Waals surface area contributed by atoms with Gasteiger partial charge in [-0.05, 0) is 6.92 Å². The monoisotopic (exact) mass is 285 g/mol. The molecule has 0 unspecified atom stereocenters. The van der Waals surface area contributed by atoms with E-state index < -0.39 is 43.7 Å². The van der Waals surface area contributed by atoms with Crippen LogP contribution in [0.15, 0.2) is 0 Å². The first-order valence-corrected chi connectivity index (χ1v) is 5.23. The van der Waals surface area contributed by atoms with Crippen LogP contribution in [0.5, 0.6) is 0 Å². The van der Waals surface area contributed by atoms with Crippen LogP contribution in [-0.2, 0) is 9.59 Å². The molecular formula is C9H14F3N3O4. The number of alkyl halides is 3. The summed E-state index contributed by atoms with van der Waals surface area (Å²) in [6, 6.07) is -1.27. The van der Waals surface area contributed by atoms with Gasteiger partial charge in [0, 0.05) is 6.54 Å². The summed E-state index contributed by atoms with van der Waals surface area (Å²) in [5, 5.41) is 12.6. The Morgan fingerprint density at radius 2 is 1.79 bits per heavy atom. The van der Waals surface area contributed by atoms with Gasteiger partial charge in [0.2, 0.25) is 5.91 Å². The largest absolute Gasteiger partial charge is 0.480 e. The molecule has 0 bridgehead atoms. The zero-order valence-electron chi connectivity index (χ0n) is 10.1. The van der Waals surface area contributed by atoms with E-state index in [1.165, 1.54) is 0 Å². The highest BCUT2D eigenvalue weighted by Crippen LogP contribution is 2.16. The van der Waals surface area contributed by atoms with Crippen molar-refractivity contribution in [2.24, 2.45) is 0 Å². The Hall–Kier alpha value is -2.00. The van der Waals surface area contributed by atoms with Gasteiger partial charge in [0.15, 0.2) is 0 Å². The number of hydrogen-bond donors (Lipinski definition) is 3. The van der Waals surface area contributed by atoms with Crippen LogP contribution in [0, 0.1) is 0 Å². The van der Waals surface area contributed by atoms with E-state index in [0.29, 0.717) is 6.54 Å². The van der Waals surface area contributed by atoms with Gasteiger partial charge in [-0.2, -0.15) is 13.2 Å². The molecule has 0 heterocycles. The fraction of sp³-hybridized carbons (Fsp3) is 0.667. The predicted octanol–water partition coefficient (Wildman–Crippen LogP) is -0.219. The molecule has 0 aliphatic heterocycles. The molecular weight excluding hydrogens is 271 g/mol. The second-order valence-corrected chi connectivity index (χ2v) is 3.48. The van der Waals surface area contributed by atoms with Crippen molar-refractivity contribution in [1.29, 1.82) is 0 Å². The molecule has 0 aromatic rings. The summed E-state index contributed by atoms with van der Waals surface area (Å²) in [7, 11) is 0. The minimum atomic E-state index is -4.72. The number of carboxylic acid groups (broad SMARTS) is 1. The molecule has 0 fully saturated rings. The number of carbonyl (C=O) groups is 3. The number of carboxylic acids is 1. The summed E-state index contributed by atoms with van der Waals surface area (Å²) >= 11 is 0. The lowest BCUT2D eigenvalue weighted by Crippen LogP contribution is -2.49. The zero-order chi connectivity index (χ0) is 15.1. The van der Waals surface area contributed by atoms with Crippen LogP contribution >= 0.6 is 0 Å². The number of nitrogens with one attached hydrogen (secondary N) is 2. The van der Waals surface area contributed by atoms with Crippen LogP contribution in [0.3, 0.4) is 0 Å². The standard InChI is InChI=1S/C9H14F3N3O4/c1-2-13-6(16)3-14-8(19)15(4-7(17)18)5-9(10,11)12/h2-5H2,1H3,(H,13,16)(H,14,19)(H,17,18). The Bertz CT molecular complexity index is 346. The molecule has 7 nitrogen and oxygen atoms in total. The van der Waals surface area contributed by atoms with Gasteiger partial charge in [0.1, 0.15) is 13.1 Å². The molecule has 0 spiro atoms. The van der Waals surface area contributed by atoms with E-state index in [9.17, 15) is 27.6 Å². The SMILES string of the molecule is CCNC(=O)CNC(=O)N(CC(=O)O)CC(F)(F)F. The van der Waals surface area contributed by atoms with E-state index >= 15 is 0 Å². The van der Waals surface area contributed by atoms with Gasteiger partial charge in [-0.15, -0.1) is 0 Å². The summed E-state index contributed by atoms with van der Waals surface area (Å²) in [5.41, 5.74) is 0. The van der Waals surface area contributed by atoms with E-state index in [4.69, 9.17) is 5.11 Å². The van der Waals surface area contributed by atoms with Crippen LogP contribution in [0.1, 0.15) is 6.92 Å². The Morgan fingerprint density at radius 3 is 2.21 bits per heavy atom. The molecule has 0 saturated heterocycles. The van der Waals surface area contributed by atoms with Crippen LogP contribution < -0.4 is 10.6 Å². The van der Waals surface area contributed by atoms with Crippen LogP contribution in [0.2, 0.25) is 0 Å². The normalized spacial score (nSPS) is 10.7. The fourth-order valence-electron chi connectivity index (χ4n) is 1.11. The van der Waals surface area contributed by atoms with Gasteiger partial charge in [0.25, 0.3) is 0 Å². The first-order valence-electron chi connectivity index (χ1n) is 5.23. The molecule has 0 aliphatic carbocycles. The number of rotatable bonds is 6. The molecule has 10 heteroatoms. The van der Waals surface area contributed by atoms with Crippen molar-refractivity contribution in [2.75, 3.05) is 26.2 Å². The maximum atomic E-state index is 12.1. The third kappa shape index (κ3) is 8.69. The second-order valence-electron chi connectivity index (χ2n) is 3.48. The van der Waals surface area contributed by atoms with Gasteiger partial charge < -0.3 is 20.6 Å². The number of hydrogen-bond acceptors (Lipinski definition) is 3. The number of nitrogens with zero attached hydrogens (tertiary/aromatic N) is 1. The second kappa shape index (κ2) is 7.44. The molecule has 19 heavy (non-hydrogen) atoms. The molecule has 0 aliphatic rings. The molecule has 0 aromatic heterocycles. The van der Waals surface area contributed by atoms with Crippen molar-refractivity contribution in [3.05, 3.63) is 0 Å². The fourth-order valence-corrected chi connectivity index (χ4v) is 1.11. The molecule has 0 atom stereocenters. The maximum Gasteiger partial charge on any atom is 0.406 e. The average molecular weight is 285 g/mol. The van der Waals surface area contributed by atoms with Crippen LogP contribution in [0.4, 0.5) is 18.0 Å². The lowest BCUT2D eigenvalue weighted by Gasteiger charge is -2.22. The number of aliphatic carboxylic acids is 1. The summed E-state index contributed by atoms with van der Waals surface area (Å²) in [4.78, 5) is 32.8. The third-order valence-electron chi connectivity index (χ3n) is 1.76. The van der Waals surface area contributed by atoms with Crippen molar-refractivity contribution < 1.29 is 32.7 Å². The molecule has 0 radical (unpaired) electrons. The van der Waals surface area contributed by atoms with E-state index in [1.54, 1.807) is 6.92 Å². The number of carbonyl (C=O) groups excluding carboxylic acids is 2. The predicted molar refractivity (Wildman–Crippen MR) is 57.3 cm³/mol. The first kappa shape index (κ1) is 17.0. The quantitative estimate of drug-likeness (QED) is 0.628. The Balaban J connectivity index is 4.46. The lowest BCUT2D eigenvalue weighted by molar-refractivity contribution is -0.148. The number of likely N-dealkylation sites (N-methyl/N-ethyl adjacent to an activating group) is 1. The van der Waals surface area contributed by atoms with Gasteiger partial charge in [0.05, 0.1) is 6.54 Å². The maximum absolute atomic E-state index is 12.1. The minimum Gasteiger partial charge on any atom is -0.480 e. The number of urea groups is 1. The summed E-state index contributed by atoms with van der Waals surface area (Å²) in [6.07, 6.45) is -4.72. The van der Waals surface area contributed by atoms with E-state index in [2.05, 4.69) is 5.32 Å². The highest BCUT2D eigenvalue weighted by Gasteiger charge is 2.34. The van der Waals surface area contributed by atoms with Gasteiger partial charge >= 0.3 is 18.2 Å². The topological polar surface area (TPSA) is 98.7 Å². The Morgan fingerprint density at radius 1 is 1.21 bits per heavy atom. The van der Waals surface area contributed by atoms with Gasteiger partial charge in [-0.1, -0.05) is 0 Å². The van der Waals surface area contributed by atoms with E-state index in [1.807, 2.05) is 5.32 Å². The van der Waals surface area contributed by atoms with Crippen molar-refractivity contribution in [3.8, 4) is 0 Å². The third-order valence-corrected chi connectivity index (χ3v) is 1.76. The molecule has 110 valence electrons. The first-order chi connectivity index (χ1) is 8.65. The summed E-state index contributed by atoms with van der Waals surface area (Å²) in [6.45, 7) is -1.42. The Labute approximate surface area is 106 Å². The number of amides is 3. The van der Waals surface area contributed by atoms with Crippen molar-refractivity contribution >= 4 is 17.9 Å². The molecule has 0 rings (SSSR count). The highest BCUT2D eigenvalue weighted by molar-refractivity contribution is 5.85. The van der Waals surface area contributed by atoms with Crippen molar-refractivity contribution in [3.63, 3.8) is 0 Å². The average Bonchev–Trinajstić information content (AvgIpc) is 2.22. The number of halogens is 3. The molecule has 3 N–H and O–H groups in total. The van der Waals surface area contributed by atoms with Gasteiger partial charge in [-0.25, -0.2) is 4.79 Å². The Kier molecular flexibility index (Phi) is 6.66. The molecule has 3 amide bonds. The minimum absolute atomic E-state index is 0.0571. The molecule has 0 aromatic carbocycles. The van der Waals surface area contributed by atoms with Crippen molar-refractivity contribution in [2.45, 2.75) is 13.1 Å². The van der Waals surface area contributed by atoms with Crippen molar-refractivity contribution in [1.82, 2.24) is 15.5 Å². The molecule has 0 saturated carbocycles. The van der Waals surface area contributed by atoms with E-state index in [0.717, 1.165) is 0 Å². The van der Waals surface area contributed by atoms with Gasteiger partial charge in [-0.3, -0.25) is 9.59 Å². The summed E-state index contributed by atoms with van der Waals surface area (Å²) in [5.74, 6) is -2.17. The van der Waals surface area contributed by atoms with E-state index in [-0.39, 0.29) is 4.90 Å². The lowest BCUT2D eigenvalue weighted by atomic mass is 10.4. The highest BCUT2D eigenvalue weighted by atomic mass is 19.4.